The first-order valence-electron chi connectivity index (χ1n) is 8.91. The molecule has 0 amide bonds. The van der Waals surface area contributed by atoms with Gasteiger partial charge in [-0.1, -0.05) is 0 Å². The summed E-state index contributed by atoms with van der Waals surface area (Å²) in [6, 6.07) is 6.52. The molecule has 0 saturated heterocycles. The van der Waals surface area contributed by atoms with Gasteiger partial charge in [0.25, 0.3) is 0 Å². The van der Waals surface area contributed by atoms with E-state index in [1.807, 2.05) is 6.92 Å². The van der Waals surface area contributed by atoms with Gasteiger partial charge in [0, 0.05) is 38.2 Å². The van der Waals surface area contributed by atoms with Crippen molar-refractivity contribution in [2.45, 2.75) is 33.0 Å². The van der Waals surface area contributed by atoms with E-state index in [2.05, 4.69) is 10.2 Å². The molecule has 2 heterocycles. The van der Waals surface area contributed by atoms with E-state index in [-0.39, 0.29) is 24.8 Å². The second kappa shape index (κ2) is 8.14. The first-order valence-corrected chi connectivity index (χ1v) is 8.91. The minimum absolute atomic E-state index is 0.0252. The van der Waals surface area contributed by atoms with Crippen molar-refractivity contribution in [2.24, 2.45) is 7.05 Å². The zero-order valence-corrected chi connectivity index (χ0v) is 16.1. The van der Waals surface area contributed by atoms with Gasteiger partial charge in [-0.25, -0.2) is 9.07 Å². The summed E-state index contributed by atoms with van der Waals surface area (Å²) >= 11 is 0. The van der Waals surface area contributed by atoms with Crippen LogP contribution in [0.2, 0.25) is 0 Å². The number of nitrogens with zero attached hydrogens (tertiary/aromatic N) is 4. The molecule has 10 heteroatoms. The molecule has 0 bridgehead atoms. The van der Waals surface area contributed by atoms with Crippen molar-refractivity contribution in [2.75, 3.05) is 6.61 Å². The predicted octanol–water partition coefficient (Wildman–Crippen LogP) is 4.52. The van der Waals surface area contributed by atoms with Crippen LogP contribution in [0.15, 0.2) is 30.3 Å². The molecule has 2 aromatic heterocycles. The Labute approximate surface area is 164 Å². The summed E-state index contributed by atoms with van der Waals surface area (Å²) in [6.07, 6.45) is -4.19. The molecule has 0 saturated carbocycles. The second-order valence-electron chi connectivity index (χ2n) is 6.42. The van der Waals surface area contributed by atoms with E-state index in [1.54, 1.807) is 23.9 Å². The highest BCUT2D eigenvalue weighted by molar-refractivity contribution is 5.33. The molecule has 0 unspecified atom stereocenters. The molecule has 0 aliphatic rings. The predicted molar refractivity (Wildman–Crippen MR) is 96.5 cm³/mol. The first-order chi connectivity index (χ1) is 13.7. The van der Waals surface area contributed by atoms with Crippen LogP contribution in [0.4, 0.5) is 17.6 Å². The molecule has 29 heavy (non-hydrogen) atoms. The van der Waals surface area contributed by atoms with Gasteiger partial charge in [-0.3, -0.25) is 4.68 Å². The van der Waals surface area contributed by atoms with E-state index in [9.17, 15) is 17.6 Å². The molecule has 0 atom stereocenters. The Hall–Kier alpha value is -3.04. The van der Waals surface area contributed by atoms with Crippen LogP contribution in [0.25, 0.3) is 0 Å². The minimum Gasteiger partial charge on any atom is -0.477 e. The van der Waals surface area contributed by atoms with Gasteiger partial charge in [-0.05, 0) is 31.5 Å². The normalized spacial score (nSPS) is 11.7. The molecule has 6 nitrogen and oxygen atoms in total. The SMILES string of the molecule is CCn1nc(Oc2cc(F)cc(CCOc3cc(C)nn3C)c2)cc1C(F)(F)F. The smallest absolute Gasteiger partial charge is 0.433 e. The quantitative estimate of drug-likeness (QED) is 0.536. The van der Waals surface area contributed by atoms with Crippen molar-refractivity contribution in [1.29, 1.82) is 0 Å². The number of rotatable bonds is 7. The van der Waals surface area contributed by atoms with Crippen molar-refractivity contribution in [3.8, 4) is 17.5 Å². The number of alkyl halides is 3. The molecule has 0 spiro atoms. The van der Waals surface area contributed by atoms with E-state index in [0.717, 1.165) is 22.5 Å². The summed E-state index contributed by atoms with van der Waals surface area (Å²) in [7, 11) is 1.75. The van der Waals surface area contributed by atoms with Crippen molar-refractivity contribution < 1.29 is 27.0 Å². The van der Waals surface area contributed by atoms with E-state index in [1.165, 1.54) is 13.0 Å². The van der Waals surface area contributed by atoms with Crippen LogP contribution >= 0.6 is 0 Å². The highest BCUT2D eigenvalue weighted by atomic mass is 19.4. The summed E-state index contributed by atoms with van der Waals surface area (Å²) < 4.78 is 66.4. The lowest BCUT2D eigenvalue weighted by Gasteiger charge is -2.08. The van der Waals surface area contributed by atoms with Crippen LogP contribution in [0.1, 0.15) is 23.9 Å². The van der Waals surface area contributed by atoms with Crippen LogP contribution < -0.4 is 9.47 Å². The Bertz CT molecular complexity index is 995. The molecule has 0 aliphatic heterocycles. The summed E-state index contributed by atoms with van der Waals surface area (Å²) in [6.45, 7) is 3.67. The Morgan fingerprint density at radius 1 is 1.07 bits per heavy atom. The van der Waals surface area contributed by atoms with Gasteiger partial charge in [-0.15, -0.1) is 5.10 Å². The summed E-state index contributed by atoms with van der Waals surface area (Å²) in [5, 5.41) is 7.95. The first kappa shape index (κ1) is 20.7. The highest BCUT2D eigenvalue weighted by Gasteiger charge is 2.36. The summed E-state index contributed by atoms with van der Waals surface area (Å²) in [5.41, 5.74) is 0.463. The third-order valence-electron chi connectivity index (χ3n) is 4.10. The highest BCUT2D eigenvalue weighted by Crippen LogP contribution is 2.33. The molecule has 0 radical (unpaired) electrons. The van der Waals surface area contributed by atoms with Crippen LogP contribution in [0, 0.1) is 12.7 Å². The van der Waals surface area contributed by atoms with Gasteiger partial charge in [0.2, 0.25) is 11.8 Å². The van der Waals surface area contributed by atoms with Gasteiger partial charge in [0.05, 0.1) is 12.3 Å². The monoisotopic (exact) mass is 412 g/mol. The third kappa shape index (κ3) is 5.07. The Balaban J connectivity index is 1.70. The lowest BCUT2D eigenvalue weighted by Crippen LogP contribution is -2.13. The van der Waals surface area contributed by atoms with E-state index < -0.39 is 17.7 Å². The van der Waals surface area contributed by atoms with E-state index >= 15 is 0 Å². The van der Waals surface area contributed by atoms with Crippen LogP contribution in [-0.4, -0.2) is 26.2 Å². The lowest BCUT2D eigenvalue weighted by atomic mass is 10.1. The van der Waals surface area contributed by atoms with Gasteiger partial charge in [0.1, 0.15) is 17.3 Å². The topological polar surface area (TPSA) is 54.1 Å². The van der Waals surface area contributed by atoms with Crippen LogP contribution in [-0.2, 0) is 26.2 Å². The number of hydrogen-bond donors (Lipinski definition) is 0. The Morgan fingerprint density at radius 3 is 2.41 bits per heavy atom. The maximum atomic E-state index is 13.9. The molecule has 156 valence electrons. The number of halogens is 4. The standard InChI is InChI=1S/C19H20F4N4O2/c1-4-27-16(19(21,22)23)11-17(25-27)29-15-9-13(8-14(20)10-15)5-6-28-18-7-12(2)24-26(18)3/h7-11H,4-6H2,1-3H3. The van der Waals surface area contributed by atoms with Crippen LogP contribution in [0.3, 0.4) is 0 Å². The molecule has 0 fully saturated rings. The molecule has 0 aliphatic carbocycles. The minimum atomic E-state index is -4.56. The average molecular weight is 412 g/mol. The molecular formula is C19H20F4N4O2. The molecule has 3 rings (SSSR count). The van der Waals surface area contributed by atoms with Gasteiger partial charge >= 0.3 is 6.18 Å². The lowest BCUT2D eigenvalue weighted by molar-refractivity contribution is -0.144. The number of aryl methyl sites for hydroxylation is 3. The summed E-state index contributed by atoms with van der Waals surface area (Å²) in [5.74, 6) is -0.178. The van der Waals surface area contributed by atoms with Crippen molar-refractivity contribution in [3.63, 3.8) is 0 Å². The van der Waals surface area contributed by atoms with Crippen molar-refractivity contribution in [3.05, 3.63) is 53.1 Å². The zero-order valence-electron chi connectivity index (χ0n) is 16.1. The number of benzene rings is 1. The summed E-state index contributed by atoms with van der Waals surface area (Å²) in [4.78, 5) is 0. The fraction of sp³-hybridized carbons (Fsp3) is 0.368. The van der Waals surface area contributed by atoms with E-state index in [4.69, 9.17) is 9.47 Å². The van der Waals surface area contributed by atoms with Gasteiger partial charge in [0.15, 0.2) is 0 Å². The van der Waals surface area contributed by atoms with Crippen molar-refractivity contribution >= 4 is 0 Å². The van der Waals surface area contributed by atoms with Gasteiger partial charge in [-0.2, -0.15) is 18.3 Å². The third-order valence-corrected chi connectivity index (χ3v) is 4.10. The maximum absolute atomic E-state index is 13.9. The maximum Gasteiger partial charge on any atom is 0.433 e. The van der Waals surface area contributed by atoms with Gasteiger partial charge < -0.3 is 9.47 Å². The molecule has 1 aromatic carbocycles. The fourth-order valence-corrected chi connectivity index (χ4v) is 2.85. The number of aromatic nitrogens is 4. The zero-order chi connectivity index (χ0) is 21.2. The van der Waals surface area contributed by atoms with E-state index in [0.29, 0.717) is 17.9 Å². The number of hydrogen-bond acceptors (Lipinski definition) is 4. The number of ether oxygens (including phenoxy) is 2. The largest absolute Gasteiger partial charge is 0.477 e. The molecule has 0 N–H and O–H groups in total. The second-order valence-corrected chi connectivity index (χ2v) is 6.42. The Kier molecular flexibility index (Phi) is 5.81. The molecular weight excluding hydrogens is 392 g/mol. The molecule has 3 aromatic rings. The Morgan fingerprint density at radius 2 is 1.83 bits per heavy atom. The fourth-order valence-electron chi connectivity index (χ4n) is 2.85. The average Bonchev–Trinajstić information content (AvgIpc) is 3.17. The van der Waals surface area contributed by atoms with Crippen LogP contribution in [0.5, 0.6) is 17.5 Å². The van der Waals surface area contributed by atoms with Crippen molar-refractivity contribution in [1.82, 2.24) is 19.6 Å².